The molecule has 0 amide bonds. The molecule has 2 aliphatic rings. The fraction of sp³-hybridized carbons (Fsp3) is 0.0417. The lowest BCUT2D eigenvalue weighted by Gasteiger charge is -2.26. The third-order valence-corrected chi connectivity index (χ3v) is 10.4. The minimum Gasteiger partial charge on any atom is -0.317 e. The largest absolute Gasteiger partial charge is 0.317 e. The zero-order valence-electron chi connectivity index (χ0n) is 28.2. The van der Waals surface area contributed by atoms with Crippen molar-refractivity contribution < 1.29 is 0 Å². The molecule has 0 unspecified atom stereocenters. The summed E-state index contributed by atoms with van der Waals surface area (Å²) >= 11 is 0. The standard InChI is InChI=1S/C48H35N3/c1-33-29-35(27-28-49(36-15-5-2-6-16-36)44-23-13-11-21-39(33)44)34-25-26-46-41(30-34)43-31-42-40-22-12-14-24-45(40)50(37-17-7-3-8-18-37)47(42)32-48(43)51(46)38-19-9-4-10-20-38/h2,4-7,9-32H,1,3,8H2/b28-27-,35-29+. The second-order valence-electron chi connectivity index (χ2n) is 13.4. The van der Waals surface area contributed by atoms with Crippen molar-refractivity contribution in [2.45, 2.75) is 12.8 Å². The van der Waals surface area contributed by atoms with Crippen LogP contribution in [0.2, 0.25) is 0 Å². The zero-order valence-corrected chi connectivity index (χ0v) is 28.2. The molecule has 0 saturated heterocycles. The molecule has 1 aliphatic heterocycles. The van der Waals surface area contributed by atoms with E-state index in [-0.39, 0.29) is 0 Å². The molecule has 3 heteroatoms. The molecular formula is C48H35N3. The SMILES string of the molecule is C=C1/C=C(c2ccc3c(c2)c2cc4c5ccccc5n(C5=CCCC=C5)c4cc2n3-c2ccccc2)\C=C/N(c2ccccc2)c2ccccc21. The van der Waals surface area contributed by atoms with Crippen LogP contribution in [0.1, 0.15) is 24.0 Å². The second kappa shape index (κ2) is 11.8. The zero-order chi connectivity index (χ0) is 33.9. The van der Waals surface area contributed by atoms with Crippen LogP contribution in [-0.4, -0.2) is 9.13 Å². The molecule has 0 saturated carbocycles. The average Bonchev–Trinajstić information content (AvgIpc) is 3.68. The predicted octanol–water partition coefficient (Wildman–Crippen LogP) is 12.8. The van der Waals surface area contributed by atoms with E-state index in [2.05, 4.69) is 197 Å². The summed E-state index contributed by atoms with van der Waals surface area (Å²) in [7, 11) is 0. The van der Waals surface area contributed by atoms with Crippen LogP contribution < -0.4 is 4.90 Å². The van der Waals surface area contributed by atoms with Crippen LogP contribution in [0, 0.1) is 0 Å². The molecule has 0 spiro atoms. The molecule has 0 fully saturated rings. The van der Waals surface area contributed by atoms with Crippen LogP contribution in [0.25, 0.3) is 66.1 Å². The van der Waals surface area contributed by atoms with Crippen LogP contribution >= 0.6 is 0 Å². The quantitative estimate of drug-likeness (QED) is 0.184. The van der Waals surface area contributed by atoms with E-state index in [0.717, 1.165) is 52.2 Å². The molecule has 10 rings (SSSR count). The Morgan fingerprint density at radius 3 is 2.02 bits per heavy atom. The number of hydrogen-bond donors (Lipinski definition) is 0. The summed E-state index contributed by atoms with van der Waals surface area (Å²) in [6, 6.07) is 50.4. The Bertz CT molecular complexity index is 2800. The maximum atomic E-state index is 4.57. The predicted molar refractivity (Wildman–Crippen MR) is 218 cm³/mol. The number of fused-ring (bicyclic) bond motifs is 7. The van der Waals surface area contributed by atoms with E-state index in [1.165, 1.54) is 49.3 Å². The number of hydrogen-bond acceptors (Lipinski definition) is 1. The monoisotopic (exact) mass is 653 g/mol. The molecule has 3 heterocycles. The highest BCUT2D eigenvalue weighted by atomic mass is 15.1. The fourth-order valence-electron chi connectivity index (χ4n) is 8.06. The van der Waals surface area contributed by atoms with Crippen LogP contribution in [0.15, 0.2) is 183 Å². The van der Waals surface area contributed by atoms with Gasteiger partial charge in [-0.2, -0.15) is 0 Å². The van der Waals surface area contributed by atoms with Gasteiger partial charge in [-0.25, -0.2) is 0 Å². The summed E-state index contributed by atoms with van der Waals surface area (Å²) in [5, 5.41) is 5.01. The highest BCUT2D eigenvalue weighted by Crippen LogP contribution is 2.42. The first-order valence-electron chi connectivity index (χ1n) is 17.7. The highest BCUT2D eigenvalue weighted by molar-refractivity contribution is 6.20. The van der Waals surface area contributed by atoms with Gasteiger partial charge in [0.05, 0.1) is 27.8 Å². The molecule has 242 valence electrons. The number of anilines is 2. The lowest BCUT2D eigenvalue weighted by atomic mass is 9.95. The minimum atomic E-state index is 0.985. The first kappa shape index (κ1) is 29.3. The van der Waals surface area contributed by atoms with Gasteiger partial charge in [0.25, 0.3) is 0 Å². The Morgan fingerprint density at radius 1 is 0.510 bits per heavy atom. The molecule has 0 atom stereocenters. The molecule has 0 N–H and O–H groups in total. The summed E-state index contributed by atoms with van der Waals surface area (Å²) in [4.78, 5) is 2.26. The third-order valence-electron chi connectivity index (χ3n) is 10.4. The van der Waals surface area contributed by atoms with E-state index in [9.17, 15) is 0 Å². The molecular weight excluding hydrogens is 619 g/mol. The summed E-state index contributed by atoms with van der Waals surface area (Å²) in [5.41, 5.74) is 13.8. The van der Waals surface area contributed by atoms with Crippen molar-refractivity contribution in [3.63, 3.8) is 0 Å². The molecule has 6 aromatic carbocycles. The van der Waals surface area contributed by atoms with E-state index >= 15 is 0 Å². The van der Waals surface area contributed by atoms with Gasteiger partial charge in [-0.3, -0.25) is 0 Å². The van der Waals surface area contributed by atoms with Crippen molar-refractivity contribution in [3.8, 4) is 5.69 Å². The normalized spacial score (nSPS) is 16.2. The Balaban J connectivity index is 1.23. The summed E-state index contributed by atoms with van der Waals surface area (Å²) in [6.45, 7) is 4.57. The van der Waals surface area contributed by atoms with Gasteiger partial charge in [-0.05, 0) is 108 Å². The van der Waals surface area contributed by atoms with Crippen LogP contribution in [0.3, 0.4) is 0 Å². The number of benzene rings is 6. The fourth-order valence-corrected chi connectivity index (χ4v) is 8.06. The lowest BCUT2D eigenvalue weighted by Crippen LogP contribution is -2.11. The van der Waals surface area contributed by atoms with Gasteiger partial charge >= 0.3 is 0 Å². The molecule has 8 aromatic rings. The number of allylic oxidation sites excluding steroid dienone is 8. The van der Waals surface area contributed by atoms with Gasteiger partial charge in [0.2, 0.25) is 0 Å². The van der Waals surface area contributed by atoms with E-state index in [0.29, 0.717) is 0 Å². The van der Waals surface area contributed by atoms with Crippen molar-refractivity contribution >= 4 is 71.8 Å². The Kier molecular flexibility index (Phi) is 6.78. The Morgan fingerprint density at radius 2 is 1.20 bits per heavy atom. The van der Waals surface area contributed by atoms with Crippen LogP contribution in [0.4, 0.5) is 11.4 Å². The number of rotatable bonds is 4. The van der Waals surface area contributed by atoms with Gasteiger partial charge in [0.15, 0.2) is 0 Å². The van der Waals surface area contributed by atoms with Gasteiger partial charge in [0.1, 0.15) is 0 Å². The third kappa shape index (κ3) is 4.74. The number of nitrogens with zero attached hydrogens (tertiary/aromatic N) is 3. The van der Waals surface area contributed by atoms with Crippen LogP contribution in [0.5, 0.6) is 0 Å². The first-order chi connectivity index (χ1) is 25.2. The van der Waals surface area contributed by atoms with Crippen molar-refractivity contribution in [3.05, 3.63) is 194 Å². The summed E-state index contributed by atoms with van der Waals surface area (Å²) < 4.78 is 4.87. The van der Waals surface area contributed by atoms with Gasteiger partial charge < -0.3 is 14.0 Å². The molecule has 3 nitrogen and oxygen atoms in total. The molecule has 51 heavy (non-hydrogen) atoms. The van der Waals surface area contributed by atoms with E-state index < -0.39 is 0 Å². The summed E-state index contributed by atoms with van der Waals surface area (Å²) in [5.74, 6) is 0. The van der Waals surface area contributed by atoms with Crippen molar-refractivity contribution in [1.29, 1.82) is 0 Å². The second-order valence-corrected chi connectivity index (χ2v) is 13.4. The van der Waals surface area contributed by atoms with Crippen LogP contribution in [-0.2, 0) is 0 Å². The maximum absolute atomic E-state index is 4.57. The van der Waals surface area contributed by atoms with Gasteiger partial charge in [-0.1, -0.05) is 97.6 Å². The summed E-state index contributed by atoms with van der Waals surface area (Å²) in [6.07, 6.45) is 15.7. The molecule has 0 bridgehead atoms. The van der Waals surface area contributed by atoms with Crippen molar-refractivity contribution in [2.75, 3.05) is 4.90 Å². The van der Waals surface area contributed by atoms with E-state index in [1.54, 1.807) is 0 Å². The number of aromatic nitrogens is 2. The van der Waals surface area contributed by atoms with Gasteiger partial charge in [-0.15, -0.1) is 0 Å². The lowest BCUT2D eigenvalue weighted by molar-refractivity contribution is 1.02. The average molecular weight is 654 g/mol. The maximum Gasteiger partial charge on any atom is 0.0562 e. The van der Waals surface area contributed by atoms with E-state index in [1.807, 2.05) is 0 Å². The first-order valence-corrected chi connectivity index (χ1v) is 17.7. The van der Waals surface area contributed by atoms with E-state index in [4.69, 9.17) is 0 Å². The smallest absolute Gasteiger partial charge is 0.0562 e. The molecule has 0 radical (unpaired) electrons. The Hall–Kier alpha value is -6.58. The Labute approximate surface area is 297 Å². The molecule has 1 aliphatic carbocycles. The van der Waals surface area contributed by atoms with Crippen molar-refractivity contribution in [2.24, 2.45) is 0 Å². The van der Waals surface area contributed by atoms with Crippen molar-refractivity contribution in [1.82, 2.24) is 9.13 Å². The minimum absolute atomic E-state index is 0.985. The number of para-hydroxylation sites is 4. The van der Waals surface area contributed by atoms with Gasteiger partial charge in [0, 0.05) is 50.4 Å². The highest BCUT2D eigenvalue weighted by Gasteiger charge is 2.21. The molecule has 2 aromatic heterocycles. The topological polar surface area (TPSA) is 13.1 Å².